The maximum absolute atomic E-state index is 13.7. The van der Waals surface area contributed by atoms with Crippen LogP contribution in [0.25, 0.3) is 0 Å². The van der Waals surface area contributed by atoms with Crippen LogP contribution >= 0.6 is 0 Å². The van der Waals surface area contributed by atoms with Gasteiger partial charge in [-0.3, -0.25) is 0 Å². The molecule has 0 fully saturated rings. The molecular weight excluding hydrogens is 235 g/mol. The van der Waals surface area contributed by atoms with Gasteiger partial charge in [0.15, 0.2) is 5.79 Å². The number of hydrogen-bond acceptors (Lipinski definition) is 3. The molecule has 2 N–H and O–H groups in total. The topological polar surface area (TPSA) is 49.7 Å². The molecular formula is C14H21FO3. The maximum Gasteiger partial charge on any atom is 0.165 e. The van der Waals surface area contributed by atoms with Crippen molar-refractivity contribution in [1.29, 1.82) is 0 Å². The quantitative estimate of drug-likeness (QED) is 0.737. The van der Waals surface area contributed by atoms with Crippen molar-refractivity contribution in [3.05, 3.63) is 35.6 Å². The third-order valence-electron chi connectivity index (χ3n) is 3.11. The fourth-order valence-electron chi connectivity index (χ4n) is 1.81. The number of ether oxygens (including phenoxy) is 1. The average molecular weight is 256 g/mol. The van der Waals surface area contributed by atoms with Crippen LogP contribution < -0.4 is 0 Å². The largest absolute Gasteiger partial charge is 0.396 e. The predicted molar refractivity (Wildman–Crippen MR) is 67.5 cm³/mol. The second-order valence-electron chi connectivity index (χ2n) is 4.29. The summed E-state index contributed by atoms with van der Waals surface area (Å²) in [6.45, 7) is 3.49. The molecule has 0 aliphatic carbocycles. The van der Waals surface area contributed by atoms with Gasteiger partial charge < -0.3 is 14.9 Å². The van der Waals surface area contributed by atoms with Crippen LogP contribution in [0.2, 0.25) is 0 Å². The first-order chi connectivity index (χ1) is 8.56. The first-order valence-corrected chi connectivity index (χ1v) is 6.31. The highest BCUT2D eigenvalue weighted by molar-refractivity contribution is 5.20. The minimum absolute atomic E-state index is 0.123. The Bertz CT molecular complexity index is 364. The Morgan fingerprint density at radius 3 is 2.39 bits per heavy atom. The predicted octanol–water partition coefficient (Wildman–Crippen LogP) is 2.77. The summed E-state index contributed by atoms with van der Waals surface area (Å²) >= 11 is 0. The molecule has 0 amide bonds. The van der Waals surface area contributed by atoms with Gasteiger partial charge in [0.1, 0.15) is 5.82 Å². The summed E-state index contributed by atoms with van der Waals surface area (Å²) in [5, 5.41) is 19.2. The highest BCUT2D eigenvalue weighted by Crippen LogP contribution is 2.30. The Hall–Kier alpha value is -0.970. The van der Waals surface area contributed by atoms with E-state index in [-0.39, 0.29) is 18.8 Å². The number of rotatable bonds is 7. The standard InChI is InChI=1S/C14H21FO3/c1-3-14(17,4-2)18-13(9-10-16)11-7-5-6-8-12(11)15/h5-8,13,16-17H,3-4,9-10H2,1-2H3. The zero-order chi connectivity index (χ0) is 13.6. The molecule has 0 radical (unpaired) electrons. The van der Waals surface area contributed by atoms with Crippen LogP contribution in [-0.4, -0.2) is 22.6 Å². The van der Waals surface area contributed by atoms with Crippen molar-refractivity contribution in [1.82, 2.24) is 0 Å². The van der Waals surface area contributed by atoms with E-state index in [0.29, 0.717) is 18.4 Å². The van der Waals surface area contributed by atoms with E-state index in [0.717, 1.165) is 0 Å². The highest BCUT2D eigenvalue weighted by atomic mass is 19.1. The minimum atomic E-state index is -1.28. The van der Waals surface area contributed by atoms with E-state index in [4.69, 9.17) is 9.84 Å². The lowest BCUT2D eigenvalue weighted by atomic mass is 10.0. The van der Waals surface area contributed by atoms with Crippen molar-refractivity contribution in [3.63, 3.8) is 0 Å². The van der Waals surface area contributed by atoms with Gasteiger partial charge in [-0.1, -0.05) is 32.0 Å². The Labute approximate surface area is 107 Å². The number of halogens is 1. The fourth-order valence-corrected chi connectivity index (χ4v) is 1.81. The van der Waals surface area contributed by atoms with Crippen LogP contribution in [0.15, 0.2) is 24.3 Å². The third-order valence-corrected chi connectivity index (χ3v) is 3.11. The second kappa shape index (κ2) is 6.83. The smallest absolute Gasteiger partial charge is 0.165 e. The van der Waals surface area contributed by atoms with E-state index in [1.54, 1.807) is 32.0 Å². The number of aliphatic hydroxyl groups is 2. The second-order valence-corrected chi connectivity index (χ2v) is 4.29. The maximum atomic E-state index is 13.7. The van der Waals surface area contributed by atoms with E-state index >= 15 is 0 Å². The molecule has 1 rings (SSSR count). The summed E-state index contributed by atoms with van der Waals surface area (Å²) in [6.07, 6.45) is 0.448. The Morgan fingerprint density at radius 1 is 1.28 bits per heavy atom. The van der Waals surface area contributed by atoms with Gasteiger partial charge in [0.25, 0.3) is 0 Å². The van der Waals surface area contributed by atoms with Gasteiger partial charge in [0, 0.05) is 18.6 Å². The van der Waals surface area contributed by atoms with Crippen LogP contribution in [0.1, 0.15) is 44.8 Å². The van der Waals surface area contributed by atoms with Crippen LogP contribution in [0.3, 0.4) is 0 Å². The van der Waals surface area contributed by atoms with Crippen molar-refractivity contribution >= 4 is 0 Å². The van der Waals surface area contributed by atoms with Gasteiger partial charge in [0.05, 0.1) is 6.10 Å². The molecule has 0 aliphatic heterocycles. The summed E-state index contributed by atoms with van der Waals surface area (Å²) in [4.78, 5) is 0. The zero-order valence-electron chi connectivity index (χ0n) is 10.9. The lowest BCUT2D eigenvalue weighted by molar-refractivity contribution is -0.238. The summed E-state index contributed by atoms with van der Waals surface area (Å²) in [5.41, 5.74) is 0.367. The van der Waals surface area contributed by atoms with Gasteiger partial charge in [0.2, 0.25) is 0 Å². The summed E-state index contributed by atoms with van der Waals surface area (Å²) in [5.74, 6) is -1.66. The van der Waals surface area contributed by atoms with Crippen molar-refractivity contribution in [2.75, 3.05) is 6.61 Å². The highest BCUT2D eigenvalue weighted by Gasteiger charge is 2.29. The SMILES string of the molecule is CCC(O)(CC)OC(CCO)c1ccccc1F. The van der Waals surface area contributed by atoms with E-state index in [9.17, 15) is 9.50 Å². The molecule has 0 aliphatic rings. The Balaban J connectivity index is 2.93. The lowest BCUT2D eigenvalue weighted by Crippen LogP contribution is -2.33. The van der Waals surface area contributed by atoms with E-state index in [2.05, 4.69) is 0 Å². The zero-order valence-corrected chi connectivity index (χ0v) is 10.9. The number of benzene rings is 1. The van der Waals surface area contributed by atoms with Crippen LogP contribution in [0.5, 0.6) is 0 Å². The third kappa shape index (κ3) is 3.77. The molecule has 0 bridgehead atoms. The van der Waals surface area contributed by atoms with Crippen molar-refractivity contribution in [2.45, 2.75) is 45.0 Å². The van der Waals surface area contributed by atoms with Gasteiger partial charge >= 0.3 is 0 Å². The molecule has 1 aromatic carbocycles. The molecule has 0 aromatic heterocycles. The van der Waals surface area contributed by atoms with Crippen molar-refractivity contribution in [3.8, 4) is 0 Å². The van der Waals surface area contributed by atoms with E-state index in [1.807, 2.05) is 0 Å². The Kier molecular flexibility index (Phi) is 5.72. The molecule has 4 heteroatoms. The molecule has 1 atom stereocenters. The van der Waals surface area contributed by atoms with Crippen molar-refractivity contribution in [2.24, 2.45) is 0 Å². The Morgan fingerprint density at radius 2 is 1.89 bits per heavy atom. The van der Waals surface area contributed by atoms with Gasteiger partial charge in [-0.25, -0.2) is 4.39 Å². The normalized spacial score (nSPS) is 13.6. The van der Waals surface area contributed by atoms with Crippen LogP contribution in [-0.2, 0) is 4.74 Å². The minimum Gasteiger partial charge on any atom is -0.396 e. The van der Waals surface area contributed by atoms with Crippen LogP contribution in [0, 0.1) is 5.82 Å². The monoisotopic (exact) mass is 256 g/mol. The molecule has 18 heavy (non-hydrogen) atoms. The fraction of sp³-hybridized carbons (Fsp3) is 0.571. The molecule has 102 valence electrons. The molecule has 1 unspecified atom stereocenters. The summed E-state index contributed by atoms with van der Waals surface area (Å²) in [6, 6.07) is 6.27. The first-order valence-electron chi connectivity index (χ1n) is 6.31. The van der Waals surface area contributed by atoms with Gasteiger partial charge in [-0.2, -0.15) is 0 Å². The summed E-state index contributed by atoms with van der Waals surface area (Å²) in [7, 11) is 0. The molecule has 0 spiro atoms. The van der Waals surface area contributed by atoms with Gasteiger partial charge in [-0.05, 0) is 18.9 Å². The van der Waals surface area contributed by atoms with Crippen molar-refractivity contribution < 1.29 is 19.3 Å². The molecule has 0 heterocycles. The summed E-state index contributed by atoms with van der Waals surface area (Å²) < 4.78 is 19.3. The average Bonchev–Trinajstić information content (AvgIpc) is 2.39. The molecule has 1 aromatic rings. The van der Waals surface area contributed by atoms with Gasteiger partial charge in [-0.15, -0.1) is 0 Å². The van der Waals surface area contributed by atoms with E-state index < -0.39 is 11.9 Å². The molecule has 0 saturated heterocycles. The first kappa shape index (κ1) is 15.1. The molecule has 0 saturated carbocycles. The number of aliphatic hydroxyl groups excluding tert-OH is 1. The lowest BCUT2D eigenvalue weighted by Gasteiger charge is -2.31. The molecule has 3 nitrogen and oxygen atoms in total. The van der Waals surface area contributed by atoms with Crippen LogP contribution in [0.4, 0.5) is 4.39 Å². The van der Waals surface area contributed by atoms with E-state index in [1.165, 1.54) is 6.07 Å². The number of hydrogen-bond donors (Lipinski definition) is 2.